The Balaban J connectivity index is 2.75. The van der Waals surface area contributed by atoms with E-state index in [2.05, 4.69) is 16.3 Å². The summed E-state index contributed by atoms with van der Waals surface area (Å²) in [7, 11) is 0. The number of nitrogens with zero attached hydrogens (tertiary/aromatic N) is 5. The van der Waals surface area contributed by atoms with Crippen molar-refractivity contribution >= 4 is 0 Å². The minimum Gasteiger partial charge on any atom is -0.290 e. The maximum Gasteiger partial charge on any atom is 0.178 e. The van der Waals surface area contributed by atoms with Gasteiger partial charge in [-0.2, -0.15) is 15.6 Å². The lowest BCUT2D eigenvalue weighted by Crippen LogP contribution is -2.07. The van der Waals surface area contributed by atoms with Gasteiger partial charge in [-0.25, -0.2) is 0 Å². The van der Waals surface area contributed by atoms with Gasteiger partial charge in [0.1, 0.15) is 23.4 Å². The molecule has 0 fully saturated rings. The van der Waals surface area contributed by atoms with Crippen molar-refractivity contribution in [3.63, 3.8) is 0 Å². The average molecular weight is 223 g/mol. The molecule has 0 amide bonds. The van der Waals surface area contributed by atoms with Crippen LogP contribution in [0.25, 0.3) is 5.82 Å². The quantitative estimate of drug-likeness (QED) is 0.736. The third kappa shape index (κ3) is 1.64. The van der Waals surface area contributed by atoms with Crippen molar-refractivity contribution in [1.82, 2.24) is 14.8 Å². The van der Waals surface area contributed by atoms with Gasteiger partial charge in [-0.05, 0) is 31.5 Å². The minimum atomic E-state index is 0.400. The molecular formula is C12H9N5. The molecule has 0 aromatic carbocycles. The molecule has 5 nitrogen and oxygen atoms in total. The van der Waals surface area contributed by atoms with E-state index in [1.54, 1.807) is 29.8 Å². The minimum absolute atomic E-state index is 0.400. The summed E-state index contributed by atoms with van der Waals surface area (Å²) in [6.07, 6.45) is 1.69. The summed E-state index contributed by atoms with van der Waals surface area (Å²) in [5.74, 6) is 0.400. The molecule has 0 atom stereocenters. The van der Waals surface area contributed by atoms with Crippen molar-refractivity contribution in [2.24, 2.45) is 0 Å². The van der Waals surface area contributed by atoms with Gasteiger partial charge in [0.2, 0.25) is 0 Å². The van der Waals surface area contributed by atoms with Gasteiger partial charge in [0.25, 0.3) is 0 Å². The zero-order valence-electron chi connectivity index (χ0n) is 9.47. The molecule has 0 saturated carbocycles. The molecule has 17 heavy (non-hydrogen) atoms. The van der Waals surface area contributed by atoms with E-state index >= 15 is 0 Å². The Labute approximate surface area is 98.6 Å². The Hall–Kier alpha value is -2.66. The molecule has 0 spiro atoms. The van der Waals surface area contributed by atoms with E-state index in [9.17, 15) is 5.26 Å². The van der Waals surface area contributed by atoms with Crippen LogP contribution in [0.1, 0.15) is 22.5 Å². The van der Waals surface area contributed by atoms with E-state index in [1.165, 1.54) is 0 Å². The van der Waals surface area contributed by atoms with Gasteiger partial charge in [0, 0.05) is 6.20 Å². The first kappa shape index (κ1) is 10.8. The van der Waals surface area contributed by atoms with Crippen LogP contribution in [0.3, 0.4) is 0 Å². The third-order valence-corrected chi connectivity index (χ3v) is 2.64. The molecule has 2 aromatic rings. The molecule has 0 radical (unpaired) electrons. The van der Waals surface area contributed by atoms with E-state index < -0.39 is 0 Å². The highest BCUT2D eigenvalue weighted by Gasteiger charge is 2.14. The lowest BCUT2D eigenvalue weighted by atomic mass is 10.1. The highest BCUT2D eigenvalue weighted by Crippen LogP contribution is 2.18. The molecule has 0 aliphatic carbocycles. The molecule has 0 saturated heterocycles. The van der Waals surface area contributed by atoms with Crippen LogP contribution in [0, 0.1) is 36.5 Å². The summed E-state index contributed by atoms with van der Waals surface area (Å²) in [6.45, 7) is 3.62. The number of hydrogen-bond acceptors (Lipinski definition) is 4. The lowest BCUT2D eigenvalue weighted by Gasteiger charge is -2.08. The number of hydrogen-bond donors (Lipinski definition) is 0. The fraction of sp³-hybridized carbons (Fsp3) is 0.167. The first-order valence-corrected chi connectivity index (χ1v) is 5.01. The molecule has 0 bridgehead atoms. The molecule has 0 aliphatic rings. The molecule has 2 aromatic heterocycles. The van der Waals surface area contributed by atoms with Gasteiger partial charge in [-0.15, -0.1) is 5.10 Å². The van der Waals surface area contributed by atoms with Crippen LogP contribution >= 0.6 is 0 Å². The summed E-state index contributed by atoms with van der Waals surface area (Å²) in [6, 6.07) is 7.55. The zero-order valence-corrected chi connectivity index (χ0v) is 9.47. The van der Waals surface area contributed by atoms with Gasteiger partial charge < -0.3 is 0 Å². The molecule has 5 heteroatoms. The highest BCUT2D eigenvalue weighted by molar-refractivity contribution is 5.51. The molecule has 2 rings (SSSR count). The first-order valence-electron chi connectivity index (χ1n) is 5.01. The third-order valence-electron chi connectivity index (χ3n) is 2.64. The Bertz CT molecular complexity index is 655. The largest absolute Gasteiger partial charge is 0.290 e. The second-order valence-electron chi connectivity index (χ2n) is 3.60. The van der Waals surface area contributed by atoms with E-state index in [1.807, 2.05) is 13.0 Å². The van der Waals surface area contributed by atoms with Crippen LogP contribution in [-0.4, -0.2) is 14.8 Å². The maximum atomic E-state index is 9.17. The molecule has 0 aliphatic heterocycles. The van der Waals surface area contributed by atoms with Crippen molar-refractivity contribution in [3.8, 4) is 18.0 Å². The Kier molecular flexibility index (Phi) is 2.60. The standard InChI is InChI=1S/C12H9N5/c1-8-9(2)15-16-12(11(8)7-14)17-5-3-4-10(17)6-13/h3-5H,1-2H3. The van der Waals surface area contributed by atoms with Crippen LogP contribution in [-0.2, 0) is 0 Å². The molecule has 82 valence electrons. The summed E-state index contributed by atoms with van der Waals surface area (Å²) < 4.78 is 1.57. The first-order chi connectivity index (χ1) is 8.19. The zero-order chi connectivity index (χ0) is 12.4. The van der Waals surface area contributed by atoms with Gasteiger partial charge in [0.15, 0.2) is 5.82 Å². The van der Waals surface area contributed by atoms with E-state index in [0.717, 1.165) is 11.3 Å². The number of aryl methyl sites for hydroxylation is 1. The summed E-state index contributed by atoms with van der Waals surface area (Å²) in [5.41, 5.74) is 2.38. The fourth-order valence-electron chi connectivity index (χ4n) is 1.56. The Morgan fingerprint density at radius 1 is 1.18 bits per heavy atom. The van der Waals surface area contributed by atoms with Gasteiger partial charge in [-0.1, -0.05) is 0 Å². The van der Waals surface area contributed by atoms with Crippen molar-refractivity contribution in [3.05, 3.63) is 40.8 Å². The van der Waals surface area contributed by atoms with Crippen molar-refractivity contribution < 1.29 is 0 Å². The Morgan fingerprint density at radius 2 is 1.94 bits per heavy atom. The number of aromatic nitrogens is 3. The molecule has 2 heterocycles. The van der Waals surface area contributed by atoms with Crippen LogP contribution in [0.5, 0.6) is 0 Å². The van der Waals surface area contributed by atoms with Crippen molar-refractivity contribution in [2.45, 2.75) is 13.8 Å². The maximum absolute atomic E-state index is 9.17. The monoisotopic (exact) mass is 223 g/mol. The van der Waals surface area contributed by atoms with Crippen LogP contribution < -0.4 is 0 Å². The van der Waals surface area contributed by atoms with E-state index in [-0.39, 0.29) is 0 Å². The smallest absolute Gasteiger partial charge is 0.178 e. The van der Waals surface area contributed by atoms with Crippen molar-refractivity contribution in [1.29, 1.82) is 10.5 Å². The molecule has 0 N–H and O–H groups in total. The molecule has 0 unspecified atom stereocenters. The second kappa shape index (κ2) is 4.07. The lowest BCUT2D eigenvalue weighted by molar-refractivity contribution is 0.871. The fourth-order valence-corrected chi connectivity index (χ4v) is 1.56. The second-order valence-corrected chi connectivity index (χ2v) is 3.60. The van der Waals surface area contributed by atoms with Crippen LogP contribution in [0.15, 0.2) is 18.3 Å². The normalized spacial score (nSPS) is 9.65. The molecular weight excluding hydrogens is 214 g/mol. The predicted molar refractivity (Wildman–Crippen MR) is 60.3 cm³/mol. The number of rotatable bonds is 1. The van der Waals surface area contributed by atoms with Gasteiger partial charge in [-0.3, -0.25) is 4.57 Å². The predicted octanol–water partition coefficient (Wildman–Crippen LogP) is 1.63. The summed E-state index contributed by atoms with van der Waals surface area (Å²) >= 11 is 0. The number of nitriles is 2. The van der Waals surface area contributed by atoms with Crippen LogP contribution in [0.4, 0.5) is 0 Å². The summed E-state index contributed by atoms with van der Waals surface area (Å²) in [5, 5.41) is 26.1. The summed E-state index contributed by atoms with van der Waals surface area (Å²) in [4.78, 5) is 0. The topological polar surface area (TPSA) is 78.3 Å². The van der Waals surface area contributed by atoms with E-state index in [4.69, 9.17) is 5.26 Å². The highest BCUT2D eigenvalue weighted by atomic mass is 15.2. The SMILES string of the molecule is Cc1nnc(-n2cccc2C#N)c(C#N)c1C. The van der Waals surface area contributed by atoms with Gasteiger partial charge in [0.05, 0.1) is 5.69 Å². The van der Waals surface area contributed by atoms with Gasteiger partial charge >= 0.3 is 0 Å². The average Bonchev–Trinajstić information content (AvgIpc) is 2.80. The van der Waals surface area contributed by atoms with Crippen LogP contribution in [0.2, 0.25) is 0 Å². The van der Waals surface area contributed by atoms with Crippen molar-refractivity contribution in [2.75, 3.05) is 0 Å². The van der Waals surface area contributed by atoms with E-state index in [0.29, 0.717) is 17.1 Å². The Morgan fingerprint density at radius 3 is 2.59 bits per heavy atom.